The number of carbonyl (C=O) groups is 1. The van der Waals surface area contributed by atoms with Crippen molar-refractivity contribution >= 4 is 29.1 Å². The van der Waals surface area contributed by atoms with Crippen LogP contribution in [0, 0.1) is 0 Å². The smallest absolute Gasteiger partial charge is 0.257 e. The van der Waals surface area contributed by atoms with Crippen molar-refractivity contribution in [3.8, 4) is 0 Å². The molecule has 0 aliphatic heterocycles. The van der Waals surface area contributed by atoms with E-state index in [0.29, 0.717) is 12.3 Å². The number of hydrogen-bond donors (Lipinski definition) is 0. The normalized spacial score (nSPS) is 10.4. The van der Waals surface area contributed by atoms with Gasteiger partial charge in [-0.25, -0.2) is 0 Å². The van der Waals surface area contributed by atoms with E-state index in [4.69, 9.17) is 27.6 Å². The molecule has 0 unspecified atom stereocenters. The second-order valence-electron chi connectivity index (χ2n) is 3.61. The third-order valence-corrected chi connectivity index (χ3v) is 2.73. The standard InChI is InChI=1S/C11H9Cl2N3O2/c1-16(6-7-3-2-4-18-7)11(17)8-5-9(12)14-15-10(8)13/h2-5H,6H2,1H3. The fourth-order valence-electron chi connectivity index (χ4n) is 1.42. The minimum absolute atomic E-state index is 0.0238. The van der Waals surface area contributed by atoms with Crippen LogP contribution in [0.5, 0.6) is 0 Å². The topological polar surface area (TPSA) is 59.2 Å². The maximum Gasteiger partial charge on any atom is 0.257 e. The minimum Gasteiger partial charge on any atom is -0.467 e. The summed E-state index contributed by atoms with van der Waals surface area (Å²) in [5.41, 5.74) is 0.214. The van der Waals surface area contributed by atoms with Crippen molar-refractivity contribution in [3.63, 3.8) is 0 Å². The van der Waals surface area contributed by atoms with Crippen molar-refractivity contribution in [2.45, 2.75) is 6.54 Å². The van der Waals surface area contributed by atoms with Gasteiger partial charge >= 0.3 is 0 Å². The average Bonchev–Trinajstić information content (AvgIpc) is 2.84. The molecule has 5 nitrogen and oxygen atoms in total. The van der Waals surface area contributed by atoms with E-state index >= 15 is 0 Å². The van der Waals surface area contributed by atoms with Crippen molar-refractivity contribution in [2.75, 3.05) is 7.05 Å². The number of carbonyl (C=O) groups excluding carboxylic acids is 1. The van der Waals surface area contributed by atoms with E-state index in [2.05, 4.69) is 10.2 Å². The number of amides is 1. The van der Waals surface area contributed by atoms with Crippen LogP contribution in [-0.2, 0) is 6.54 Å². The summed E-state index contributed by atoms with van der Waals surface area (Å²) in [5, 5.41) is 7.29. The summed E-state index contributed by atoms with van der Waals surface area (Å²) in [6, 6.07) is 4.92. The maximum absolute atomic E-state index is 12.1. The van der Waals surface area contributed by atoms with Crippen LogP contribution < -0.4 is 0 Å². The van der Waals surface area contributed by atoms with Gasteiger partial charge in [0.15, 0.2) is 10.3 Å². The van der Waals surface area contributed by atoms with Gasteiger partial charge in [0.05, 0.1) is 18.4 Å². The lowest BCUT2D eigenvalue weighted by Gasteiger charge is -2.15. The Kier molecular flexibility index (Phi) is 3.84. The van der Waals surface area contributed by atoms with Crippen LogP contribution >= 0.6 is 23.2 Å². The van der Waals surface area contributed by atoms with Crippen LogP contribution in [0.15, 0.2) is 28.9 Å². The molecule has 18 heavy (non-hydrogen) atoms. The second-order valence-corrected chi connectivity index (χ2v) is 4.36. The van der Waals surface area contributed by atoms with E-state index in [1.165, 1.54) is 11.0 Å². The number of hydrogen-bond acceptors (Lipinski definition) is 4. The highest BCUT2D eigenvalue weighted by Crippen LogP contribution is 2.18. The minimum atomic E-state index is -0.298. The van der Waals surface area contributed by atoms with Gasteiger partial charge < -0.3 is 9.32 Å². The van der Waals surface area contributed by atoms with Crippen LogP contribution in [0.1, 0.15) is 16.1 Å². The molecule has 2 rings (SSSR count). The molecule has 94 valence electrons. The van der Waals surface area contributed by atoms with E-state index in [1.807, 2.05) is 0 Å². The first-order valence-corrected chi connectivity index (χ1v) is 5.80. The quantitative estimate of drug-likeness (QED) is 0.870. The first-order chi connectivity index (χ1) is 8.58. The third-order valence-electron chi connectivity index (χ3n) is 2.27. The molecule has 0 bridgehead atoms. The Hall–Kier alpha value is -1.59. The first kappa shape index (κ1) is 12.9. The van der Waals surface area contributed by atoms with Crippen molar-refractivity contribution in [1.29, 1.82) is 0 Å². The lowest BCUT2D eigenvalue weighted by Crippen LogP contribution is -2.26. The summed E-state index contributed by atoms with van der Waals surface area (Å²) in [7, 11) is 1.63. The fraction of sp³-hybridized carbons (Fsp3) is 0.182. The van der Waals surface area contributed by atoms with Gasteiger partial charge in [-0.05, 0) is 18.2 Å². The molecule has 0 aliphatic rings. The molecular formula is C11H9Cl2N3O2. The van der Waals surface area contributed by atoms with Gasteiger partial charge in [0.25, 0.3) is 5.91 Å². The highest BCUT2D eigenvalue weighted by molar-refractivity contribution is 6.34. The molecule has 0 N–H and O–H groups in total. The molecule has 2 aromatic heterocycles. The molecule has 2 heterocycles. The second kappa shape index (κ2) is 5.37. The van der Waals surface area contributed by atoms with Gasteiger partial charge in [-0.15, -0.1) is 10.2 Å². The number of furan rings is 1. The monoisotopic (exact) mass is 285 g/mol. The zero-order chi connectivity index (χ0) is 13.1. The summed E-state index contributed by atoms with van der Waals surface area (Å²) in [6.07, 6.45) is 1.55. The van der Waals surface area contributed by atoms with Gasteiger partial charge in [-0.1, -0.05) is 23.2 Å². The molecule has 0 radical (unpaired) electrons. The molecular weight excluding hydrogens is 277 g/mol. The van der Waals surface area contributed by atoms with Gasteiger partial charge in [-0.3, -0.25) is 4.79 Å². The van der Waals surface area contributed by atoms with Crippen LogP contribution in [0.25, 0.3) is 0 Å². The number of halogens is 2. The van der Waals surface area contributed by atoms with E-state index in [1.54, 1.807) is 25.4 Å². The van der Waals surface area contributed by atoms with Gasteiger partial charge in [0.2, 0.25) is 0 Å². The summed E-state index contributed by atoms with van der Waals surface area (Å²) in [5.74, 6) is 0.378. The molecule has 2 aromatic rings. The predicted octanol–water partition coefficient (Wildman–Crippen LogP) is 2.65. The largest absolute Gasteiger partial charge is 0.467 e. The molecule has 0 aromatic carbocycles. The molecule has 0 saturated carbocycles. The van der Waals surface area contributed by atoms with E-state index in [-0.39, 0.29) is 21.8 Å². The summed E-state index contributed by atoms with van der Waals surface area (Å²) < 4.78 is 5.16. The number of rotatable bonds is 3. The average molecular weight is 286 g/mol. The predicted molar refractivity (Wildman–Crippen MR) is 66.6 cm³/mol. The van der Waals surface area contributed by atoms with E-state index in [9.17, 15) is 4.79 Å². The summed E-state index contributed by atoms with van der Waals surface area (Å²) in [6.45, 7) is 0.335. The van der Waals surface area contributed by atoms with Crippen LogP contribution in [0.2, 0.25) is 10.3 Å². The van der Waals surface area contributed by atoms with Crippen molar-refractivity contribution in [1.82, 2.24) is 15.1 Å². The highest BCUT2D eigenvalue weighted by Gasteiger charge is 2.18. The van der Waals surface area contributed by atoms with E-state index < -0.39 is 0 Å². The lowest BCUT2D eigenvalue weighted by molar-refractivity contribution is 0.0775. The lowest BCUT2D eigenvalue weighted by atomic mass is 10.2. The van der Waals surface area contributed by atoms with Gasteiger partial charge in [-0.2, -0.15) is 0 Å². The van der Waals surface area contributed by atoms with Gasteiger partial charge in [0.1, 0.15) is 5.76 Å². The van der Waals surface area contributed by atoms with Crippen molar-refractivity contribution in [3.05, 3.63) is 46.1 Å². The molecule has 1 amide bonds. The third kappa shape index (κ3) is 2.80. The van der Waals surface area contributed by atoms with Crippen molar-refractivity contribution in [2.24, 2.45) is 0 Å². The molecule has 0 fully saturated rings. The molecule has 0 atom stereocenters. The highest BCUT2D eigenvalue weighted by atomic mass is 35.5. The fourth-order valence-corrected chi connectivity index (χ4v) is 1.74. The molecule has 0 aliphatic carbocycles. The van der Waals surface area contributed by atoms with Crippen molar-refractivity contribution < 1.29 is 9.21 Å². The van der Waals surface area contributed by atoms with Crippen LogP contribution in [-0.4, -0.2) is 28.1 Å². The first-order valence-electron chi connectivity index (χ1n) is 5.04. The van der Waals surface area contributed by atoms with Gasteiger partial charge in [0, 0.05) is 7.05 Å². The number of aromatic nitrogens is 2. The Balaban J connectivity index is 2.17. The SMILES string of the molecule is CN(Cc1ccco1)C(=O)c1cc(Cl)nnc1Cl. The van der Waals surface area contributed by atoms with Crippen LogP contribution in [0.4, 0.5) is 0 Å². The Bertz CT molecular complexity index is 557. The Morgan fingerprint density at radius 2 is 2.22 bits per heavy atom. The Labute approximate surface area is 113 Å². The summed E-state index contributed by atoms with van der Waals surface area (Å²) >= 11 is 11.5. The molecule has 7 heteroatoms. The Morgan fingerprint density at radius 3 is 2.89 bits per heavy atom. The maximum atomic E-state index is 12.1. The zero-order valence-corrected chi connectivity index (χ0v) is 10.9. The zero-order valence-electron chi connectivity index (χ0n) is 9.43. The van der Waals surface area contributed by atoms with E-state index in [0.717, 1.165) is 0 Å². The molecule has 0 spiro atoms. The Morgan fingerprint density at radius 1 is 1.44 bits per heavy atom. The number of nitrogens with zero attached hydrogens (tertiary/aromatic N) is 3. The van der Waals surface area contributed by atoms with Crippen LogP contribution in [0.3, 0.4) is 0 Å². The summed E-state index contributed by atoms with van der Waals surface area (Å²) in [4.78, 5) is 13.6. The molecule has 0 saturated heterocycles.